The highest BCUT2D eigenvalue weighted by Crippen LogP contribution is 2.11. The molecule has 134 valence electrons. The van der Waals surface area contributed by atoms with Crippen molar-refractivity contribution in [3.05, 3.63) is 42.0 Å². The van der Waals surface area contributed by atoms with Crippen molar-refractivity contribution in [2.75, 3.05) is 11.9 Å². The maximum Gasteiger partial charge on any atom is 0.330 e. The summed E-state index contributed by atoms with van der Waals surface area (Å²) in [5, 5.41) is 5.05. The summed E-state index contributed by atoms with van der Waals surface area (Å²) in [5.74, 6) is -2.07. The molecule has 0 unspecified atom stereocenters. The van der Waals surface area contributed by atoms with Gasteiger partial charge in [0.2, 0.25) is 11.8 Å². The largest absolute Gasteiger partial charge is 0.463 e. The fourth-order valence-electron chi connectivity index (χ4n) is 1.92. The summed E-state index contributed by atoms with van der Waals surface area (Å²) in [6.45, 7) is 3.27. The monoisotopic (exact) mass is 347 g/mol. The Kier molecular flexibility index (Phi) is 7.85. The topological polar surface area (TPSA) is 128 Å². The number of nitrogens with two attached hydrogens (primary N) is 1. The van der Waals surface area contributed by atoms with Gasteiger partial charge in [0.1, 0.15) is 6.04 Å². The Morgan fingerprint density at radius 2 is 2.00 bits per heavy atom. The Bertz CT molecular complexity index is 685. The molecule has 1 rings (SSSR count). The van der Waals surface area contributed by atoms with E-state index in [2.05, 4.69) is 10.6 Å². The fraction of sp³-hybridized carbons (Fsp3) is 0.294. The minimum atomic E-state index is -0.984. The molecule has 1 atom stereocenters. The van der Waals surface area contributed by atoms with E-state index in [4.69, 9.17) is 10.5 Å². The van der Waals surface area contributed by atoms with Crippen LogP contribution in [0.4, 0.5) is 5.69 Å². The van der Waals surface area contributed by atoms with Gasteiger partial charge in [0.25, 0.3) is 5.91 Å². The molecule has 0 aliphatic carbocycles. The first-order chi connectivity index (χ1) is 11.8. The Morgan fingerprint density at radius 1 is 1.28 bits per heavy atom. The van der Waals surface area contributed by atoms with E-state index in [0.717, 1.165) is 0 Å². The molecule has 1 aromatic carbocycles. The maximum absolute atomic E-state index is 12.2. The summed E-state index contributed by atoms with van der Waals surface area (Å²) >= 11 is 0. The van der Waals surface area contributed by atoms with Crippen LogP contribution in [0.5, 0.6) is 0 Å². The Morgan fingerprint density at radius 3 is 2.60 bits per heavy atom. The second-order valence-corrected chi connectivity index (χ2v) is 5.08. The van der Waals surface area contributed by atoms with Gasteiger partial charge in [-0.25, -0.2) is 4.79 Å². The van der Waals surface area contributed by atoms with Gasteiger partial charge in [0, 0.05) is 24.3 Å². The summed E-state index contributed by atoms with van der Waals surface area (Å²) < 4.78 is 4.72. The van der Waals surface area contributed by atoms with Crippen LogP contribution in [0.25, 0.3) is 0 Å². The van der Waals surface area contributed by atoms with Crippen molar-refractivity contribution in [1.29, 1.82) is 0 Å². The molecule has 0 fully saturated rings. The lowest BCUT2D eigenvalue weighted by molar-refractivity contribution is -0.137. The number of carbonyl (C=O) groups is 4. The third kappa shape index (κ3) is 7.30. The van der Waals surface area contributed by atoms with Crippen LogP contribution in [0.3, 0.4) is 0 Å². The second-order valence-electron chi connectivity index (χ2n) is 5.08. The highest BCUT2D eigenvalue weighted by molar-refractivity contribution is 5.99. The molecule has 0 saturated heterocycles. The van der Waals surface area contributed by atoms with Crippen LogP contribution < -0.4 is 16.4 Å². The van der Waals surface area contributed by atoms with E-state index in [1.165, 1.54) is 31.2 Å². The fourth-order valence-corrected chi connectivity index (χ4v) is 1.92. The molecule has 25 heavy (non-hydrogen) atoms. The van der Waals surface area contributed by atoms with Crippen LogP contribution in [-0.4, -0.2) is 36.3 Å². The Balaban J connectivity index is 2.75. The SMILES string of the molecule is CCOC(=O)/C=C/C[C@H](NC(=O)c1cccc(NC(C)=O)c1)C(N)=O. The molecule has 0 spiro atoms. The van der Waals surface area contributed by atoms with Crippen molar-refractivity contribution in [2.24, 2.45) is 5.73 Å². The average Bonchev–Trinajstić information content (AvgIpc) is 2.53. The number of esters is 1. The molecule has 4 N–H and O–H groups in total. The molecular weight excluding hydrogens is 326 g/mol. The molecular formula is C17H21N3O5. The van der Waals surface area contributed by atoms with Crippen molar-refractivity contribution in [3.8, 4) is 0 Å². The smallest absolute Gasteiger partial charge is 0.330 e. The molecule has 0 aromatic heterocycles. The van der Waals surface area contributed by atoms with E-state index in [1.807, 2.05) is 0 Å². The summed E-state index contributed by atoms with van der Waals surface area (Å²) in [6, 6.07) is 5.25. The van der Waals surface area contributed by atoms with Gasteiger partial charge < -0.3 is 21.1 Å². The van der Waals surface area contributed by atoms with Crippen LogP contribution in [0, 0.1) is 0 Å². The highest BCUT2D eigenvalue weighted by atomic mass is 16.5. The molecule has 8 nitrogen and oxygen atoms in total. The molecule has 0 bridgehead atoms. The number of rotatable bonds is 8. The van der Waals surface area contributed by atoms with Gasteiger partial charge in [-0.1, -0.05) is 12.1 Å². The summed E-state index contributed by atoms with van der Waals surface area (Å²) in [4.78, 5) is 46.0. The van der Waals surface area contributed by atoms with E-state index in [9.17, 15) is 19.2 Å². The number of hydrogen-bond acceptors (Lipinski definition) is 5. The zero-order valence-corrected chi connectivity index (χ0v) is 14.1. The second kappa shape index (κ2) is 9.86. The lowest BCUT2D eigenvalue weighted by Gasteiger charge is -2.14. The van der Waals surface area contributed by atoms with Crippen molar-refractivity contribution in [3.63, 3.8) is 0 Å². The van der Waals surface area contributed by atoms with Crippen LogP contribution >= 0.6 is 0 Å². The first-order valence-electron chi connectivity index (χ1n) is 7.64. The Labute approximate surface area is 145 Å². The van der Waals surface area contributed by atoms with Crippen LogP contribution in [-0.2, 0) is 19.1 Å². The zero-order valence-electron chi connectivity index (χ0n) is 14.1. The summed E-state index contributed by atoms with van der Waals surface area (Å²) in [5.41, 5.74) is 5.99. The van der Waals surface area contributed by atoms with Gasteiger partial charge in [0.05, 0.1) is 6.61 Å². The first kappa shape index (κ1) is 19.9. The van der Waals surface area contributed by atoms with Crippen LogP contribution in [0.2, 0.25) is 0 Å². The van der Waals surface area contributed by atoms with Gasteiger partial charge in [-0.3, -0.25) is 14.4 Å². The molecule has 1 aromatic rings. The molecule has 8 heteroatoms. The van der Waals surface area contributed by atoms with E-state index in [-0.39, 0.29) is 24.5 Å². The lowest BCUT2D eigenvalue weighted by Crippen LogP contribution is -2.44. The third-order valence-electron chi connectivity index (χ3n) is 3.01. The number of hydrogen-bond donors (Lipinski definition) is 3. The highest BCUT2D eigenvalue weighted by Gasteiger charge is 2.18. The number of anilines is 1. The van der Waals surface area contributed by atoms with E-state index in [0.29, 0.717) is 5.69 Å². The first-order valence-corrected chi connectivity index (χ1v) is 7.64. The molecule has 0 aliphatic rings. The van der Waals surface area contributed by atoms with Crippen molar-refractivity contribution < 1.29 is 23.9 Å². The standard InChI is InChI=1S/C17H21N3O5/c1-3-25-15(22)9-5-8-14(16(18)23)20-17(24)12-6-4-7-13(10-12)19-11(2)21/h4-7,9-10,14H,3,8H2,1-2H3,(H2,18,23)(H,19,21)(H,20,24)/b9-5+/t14-/m0/s1. The number of primary amides is 1. The van der Waals surface area contributed by atoms with E-state index >= 15 is 0 Å². The van der Waals surface area contributed by atoms with Crippen molar-refractivity contribution in [1.82, 2.24) is 5.32 Å². The van der Waals surface area contributed by atoms with Gasteiger partial charge in [-0.05, 0) is 31.5 Å². The predicted octanol–water partition coefficient (Wildman–Crippen LogP) is 0.738. The zero-order chi connectivity index (χ0) is 18.8. The van der Waals surface area contributed by atoms with Crippen LogP contribution in [0.1, 0.15) is 30.6 Å². The lowest BCUT2D eigenvalue weighted by atomic mass is 10.1. The minimum absolute atomic E-state index is 0.0469. The molecule has 3 amide bonds. The number of amides is 3. The molecule has 0 radical (unpaired) electrons. The number of benzene rings is 1. The summed E-state index contributed by atoms with van der Waals surface area (Å²) in [6.07, 6.45) is 2.62. The van der Waals surface area contributed by atoms with Gasteiger partial charge >= 0.3 is 5.97 Å². The van der Waals surface area contributed by atoms with E-state index < -0.39 is 23.8 Å². The minimum Gasteiger partial charge on any atom is -0.463 e. The number of nitrogens with one attached hydrogen (secondary N) is 2. The van der Waals surface area contributed by atoms with Gasteiger partial charge in [-0.2, -0.15) is 0 Å². The third-order valence-corrected chi connectivity index (χ3v) is 3.01. The quantitative estimate of drug-likeness (QED) is 0.472. The predicted molar refractivity (Wildman–Crippen MR) is 91.6 cm³/mol. The molecule has 0 saturated carbocycles. The van der Waals surface area contributed by atoms with Crippen molar-refractivity contribution in [2.45, 2.75) is 26.3 Å². The van der Waals surface area contributed by atoms with Gasteiger partial charge in [-0.15, -0.1) is 0 Å². The maximum atomic E-state index is 12.2. The average molecular weight is 347 g/mol. The van der Waals surface area contributed by atoms with E-state index in [1.54, 1.807) is 19.1 Å². The summed E-state index contributed by atoms with van der Waals surface area (Å²) in [7, 11) is 0. The van der Waals surface area contributed by atoms with Gasteiger partial charge in [0.15, 0.2) is 0 Å². The number of carbonyl (C=O) groups excluding carboxylic acids is 4. The Hall–Kier alpha value is -3.16. The van der Waals surface area contributed by atoms with Crippen molar-refractivity contribution >= 4 is 29.4 Å². The molecule has 0 aliphatic heterocycles. The number of ether oxygens (including phenoxy) is 1. The van der Waals surface area contributed by atoms with Crippen LogP contribution in [0.15, 0.2) is 36.4 Å². The molecule has 0 heterocycles. The normalized spacial score (nSPS) is 11.6.